The summed E-state index contributed by atoms with van der Waals surface area (Å²) in [6.07, 6.45) is 10.8. The molecular weight excluding hydrogens is 1390 g/mol. The molecule has 0 spiro atoms. The lowest BCUT2D eigenvalue weighted by molar-refractivity contribution is -0.659. The number of fused-ring (bicyclic) bond motifs is 9. The van der Waals surface area contributed by atoms with Crippen LogP contribution in [0, 0.1) is 76.2 Å². The first-order chi connectivity index (χ1) is 55.0. The van der Waals surface area contributed by atoms with E-state index in [1.807, 2.05) is 0 Å². The lowest BCUT2D eigenvalue weighted by atomic mass is 9.81. The third kappa shape index (κ3) is 16.0. The lowest BCUT2D eigenvalue weighted by Gasteiger charge is -2.22. The highest BCUT2D eigenvalue weighted by molar-refractivity contribution is 6.00. The molecule has 5 heteroatoms. The summed E-state index contributed by atoms with van der Waals surface area (Å²) in [6.45, 7) is 37.7. The Hall–Kier alpha value is -12.1. The normalized spacial score (nSPS) is 12.0. The van der Waals surface area contributed by atoms with Gasteiger partial charge in [-0.2, -0.15) is 0 Å². The van der Waals surface area contributed by atoms with Crippen molar-refractivity contribution in [3.05, 3.63) is 363 Å². The van der Waals surface area contributed by atoms with E-state index < -0.39 is 0 Å². The van der Waals surface area contributed by atoms with Crippen molar-refractivity contribution in [2.75, 3.05) is 0 Å². The predicted octanol–water partition coefficient (Wildman–Crippen LogP) is 25.8. The van der Waals surface area contributed by atoms with Gasteiger partial charge in [0.15, 0.2) is 31.0 Å². The molecule has 0 aliphatic heterocycles. The van der Waals surface area contributed by atoms with Crippen LogP contribution in [0.15, 0.2) is 280 Å². The average molecular weight is 1510 g/mol. The van der Waals surface area contributed by atoms with Gasteiger partial charge < -0.3 is 0 Å². The van der Waals surface area contributed by atoms with Crippen LogP contribution >= 0.6 is 0 Å². The number of aryl methyl sites for hydroxylation is 15. The fourth-order valence-corrected chi connectivity index (χ4v) is 17.5. The van der Waals surface area contributed by atoms with Crippen LogP contribution in [0.25, 0.3) is 132 Å². The van der Waals surface area contributed by atoms with Crippen LogP contribution in [0.3, 0.4) is 0 Å². The average Bonchev–Trinajstić information content (AvgIpc) is 1.58. The fourth-order valence-electron chi connectivity index (χ4n) is 17.5. The molecule has 12 aromatic carbocycles. The first-order valence-corrected chi connectivity index (χ1v) is 41.0. The van der Waals surface area contributed by atoms with Gasteiger partial charge in [0.25, 0.3) is 0 Å². The van der Waals surface area contributed by atoms with Crippen molar-refractivity contribution in [2.45, 2.75) is 135 Å². The molecule has 0 unspecified atom stereocenters. The summed E-state index contributed by atoms with van der Waals surface area (Å²) >= 11 is 0. The fraction of sp³-hybridized carbons (Fsp3) is 0.227. The molecule has 17 aromatic rings. The second-order valence-corrected chi connectivity index (χ2v) is 33.9. The van der Waals surface area contributed by atoms with Gasteiger partial charge in [-0.15, -0.1) is 0 Å². The molecule has 574 valence electrons. The number of hydrogen-bond donors (Lipinski definition) is 0. The second kappa shape index (κ2) is 32.8. The molecule has 0 bridgehead atoms. The highest BCUT2D eigenvalue weighted by Gasteiger charge is 2.37. The molecule has 0 saturated heterocycles. The van der Waals surface area contributed by atoms with Crippen molar-refractivity contribution in [3.63, 3.8) is 0 Å². The van der Waals surface area contributed by atoms with Crippen molar-refractivity contribution in [2.24, 2.45) is 35.2 Å². The van der Waals surface area contributed by atoms with Crippen LogP contribution in [-0.4, -0.2) is 0 Å². The van der Waals surface area contributed by atoms with Gasteiger partial charge in [0.05, 0.1) is 43.6 Å². The zero-order valence-corrected chi connectivity index (χ0v) is 71.9. The molecule has 1 aliphatic rings. The smallest absolute Gasteiger partial charge is 0.200 e. The van der Waals surface area contributed by atoms with E-state index >= 15 is 0 Å². The number of nitrogens with zero attached hydrogens (tertiary/aromatic N) is 5. The summed E-state index contributed by atoms with van der Waals surface area (Å²) in [7, 11) is 10.7. The Morgan fingerprint density at radius 1 is 0.226 bits per heavy atom. The van der Waals surface area contributed by atoms with Crippen LogP contribution in [0.1, 0.15) is 137 Å². The number of benzene rings is 12. The van der Waals surface area contributed by atoms with Crippen LogP contribution in [0.2, 0.25) is 0 Å². The largest absolute Gasteiger partial charge is 0.220 e. The van der Waals surface area contributed by atoms with Gasteiger partial charge in [-0.05, 0) is 253 Å². The third-order valence-corrected chi connectivity index (χ3v) is 24.2. The van der Waals surface area contributed by atoms with Gasteiger partial charge in [-0.25, -0.2) is 22.8 Å². The molecule has 115 heavy (non-hydrogen) atoms. The molecule has 0 atom stereocenters. The third-order valence-electron chi connectivity index (χ3n) is 24.2. The summed E-state index contributed by atoms with van der Waals surface area (Å²) in [5, 5.41) is 15.7. The van der Waals surface area contributed by atoms with Crippen molar-refractivity contribution in [3.8, 4) is 67.4 Å². The summed E-state index contributed by atoms with van der Waals surface area (Å²) in [6, 6.07) is 91.7. The highest BCUT2D eigenvalue weighted by Crippen LogP contribution is 2.51. The van der Waals surface area contributed by atoms with Gasteiger partial charge in [0.2, 0.25) is 28.5 Å². The van der Waals surface area contributed by atoms with Crippen molar-refractivity contribution < 1.29 is 22.8 Å². The summed E-state index contributed by atoms with van der Waals surface area (Å²) < 4.78 is 11.2. The Labute approximate surface area is 683 Å². The Balaban J connectivity index is 0.000000119. The first-order valence-electron chi connectivity index (χ1n) is 41.0. The minimum absolute atomic E-state index is 0.0219. The van der Waals surface area contributed by atoms with E-state index in [-0.39, 0.29) is 5.41 Å². The van der Waals surface area contributed by atoms with Crippen LogP contribution in [0.4, 0.5) is 0 Å². The minimum Gasteiger partial charge on any atom is -0.200 e. The van der Waals surface area contributed by atoms with E-state index in [9.17, 15) is 0 Å². The van der Waals surface area contributed by atoms with Crippen LogP contribution in [0.5, 0.6) is 0 Å². The first kappa shape index (κ1) is 79.6. The molecule has 0 fully saturated rings. The second-order valence-electron chi connectivity index (χ2n) is 33.9. The van der Waals surface area contributed by atoms with Gasteiger partial charge in [-0.3, -0.25) is 0 Å². The maximum absolute atomic E-state index is 2.44. The molecule has 18 rings (SSSR count). The lowest BCUT2D eigenvalue weighted by Crippen LogP contribution is -2.31. The van der Waals surface area contributed by atoms with Gasteiger partial charge in [-0.1, -0.05) is 227 Å². The summed E-state index contributed by atoms with van der Waals surface area (Å²) in [5.74, 6) is 1.12. The van der Waals surface area contributed by atoms with Crippen molar-refractivity contribution >= 4 is 64.6 Å². The zero-order valence-electron chi connectivity index (χ0n) is 71.9. The summed E-state index contributed by atoms with van der Waals surface area (Å²) in [4.78, 5) is 0. The van der Waals surface area contributed by atoms with Crippen molar-refractivity contribution in [1.82, 2.24) is 0 Å². The number of rotatable bonds is 7. The Bertz CT molecular complexity index is 6640. The van der Waals surface area contributed by atoms with E-state index in [1.165, 1.54) is 216 Å². The topological polar surface area (TPSA) is 19.4 Å². The molecular formula is C110H114N5+5. The Kier molecular flexibility index (Phi) is 22.7. The Morgan fingerprint density at radius 3 is 1.04 bits per heavy atom. The van der Waals surface area contributed by atoms with E-state index in [4.69, 9.17) is 0 Å². The molecule has 5 aromatic heterocycles. The molecule has 0 amide bonds. The number of aromatic nitrogens is 5. The summed E-state index contributed by atoms with van der Waals surface area (Å²) in [5.41, 5.74) is 36.0. The standard InChI is InChI=1S/C27H26N.C22H20N.C21H24N.2C20H22N/c1-17-10-11-20-19(14-17)12-13-28(5)26(20)22-16-25-23(15-18(22)2)21-8-6-7-9-24(21)27(25,3)4;1-15-8-9-20-19(12-15)10-11-23(3)22(20)21-14-18-7-5-4-6-17(18)13-16(21)2;1-14(2)17-8-9-19-18(13-17)10-11-22(5)21(19)20-12-15(3)6-7-16(20)4;1-13-6-7-18-17(11-13)8-9-21(5)20(18)19-12-14(2)10-15(3)16(19)4;1-14(2)16-9-10-19-17(13-16)11-12-21(4)20(19)18-8-6-5-7-15(18)3/h6-16H,1-5H3;4-14H,1-3H3;6-14H,1-5H3;6-12H,1-5H3;5-14H,1-4H3/q5*+1. The molecule has 5 nitrogen and oxygen atoms in total. The number of pyridine rings is 5. The van der Waals surface area contributed by atoms with Gasteiger partial charge >= 0.3 is 0 Å². The van der Waals surface area contributed by atoms with E-state index in [0.717, 1.165) is 0 Å². The molecule has 0 radical (unpaired) electrons. The van der Waals surface area contributed by atoms with E-state index in [1.54, 1.807) is 0 Å². The van der Waals surface area contributed by atoms with Crippen LogP contribution < -0.4 is 22.8 Å². The van der Waals surface area contributed by atoms with Crippen molar-refractivity contribution in [1.29, 1.82) is 0 Å². The molecule has 0 N–H and O–H groups in total. The van der Waals surface area contributed by atoms with E-state index in [0.29, 0.717) is 11.8 Å². The molecule has 1 aliphatic carbocycles. The zero-order chi connectivity index (χ0) is 81.6. The predicted molar refractivity (Wildman–Crippen MR) is 488 cm³/mol. The van der Waals surface area contributed by atoms with E-state index in [2.05, 4.69) is 455 Å². The maximum Gasteiger partial charge on any atom is 0.220 e. The molecule has 5 heterocycles. The molecule has 0 saturated carbocycles. The van der Waals surface area contributed by atoms with Gasteiger partial charge in [0.1, 0.15) is 35.2 Å². The monoisotopic (exact) mass is 1500 g/mol. The maximum atomic E-state index is 2.44. The highest BCUT2D eigenvalue weighted by atomic mass is 14.9. The Morgan fingerprint density at radius 2 is 0.574 bits per heavy atom. The number of hydrogen-bond acceptors (Lipinski definition) is 0. The SMILES string of the molecule is Cc1cc(C)c(C)c(-c2c3ccc(C)cc3cc[n+]2C)c1.Cc1ccc(C)c(-c2c3ccc(C(C)C)cc3cc[n+]2C)c1.Cc1ccc2c(-c3cc4c(cc3C)-c3ccccc3C4(C)C)[n+](C)ccc2c1.Cc1ccc2c(-c3cc4ccccc4cc3C)[n+](C)ccc2c1.Cc1ccccc1-c1c2ccc(C(C)C)cc2cc[n+]1C. The quantitative estimate of drug-likeness (QED) is 0.142. The van der Waals surface area contributed by atoms with Crippen LogP contribution in [-0.2, 0) is 40.7 Å². The minimum atomic E-state index is 0.0219. The van der Waals surface area contributed by atoms with Gasteiger partial charge in [0, 0.05) is 46.9 Å².